The van der Waals surface area contributed by atoms with Gasteiger partial charge in [-0.1, -0.05) is 11.6 Å². The van der Waals surface area contributed by atoms with Crippen LogP contribution >= 0.6 is 24.0 Å². The summed E-state index contributed by atoms with van der Waals surface area (Å²) in [5.74, 6) is -0.157. The molecule has 0 unspecified atom stereocenters. The molecule has 0 heterocycles. The van der Waals surface area contributed by atoms with Crippen LogP contribution in [0.4, 0.5) is 5.69 Å². The molecule has 1 aromatic carbocycles. The number of hydrogen-bond acceptors (Lipinski definition) is 4. The van der Waals surface area contributed by atoms with Crippen LogP contribution in [-0.2, 0) is 11.3 Å². The lowest BCUT2D eigenvalue weighted by molar-refractivity contribution is -0.384. The molecule has 110 valence electrons. The number of hydrogen-bond donors (Lipinski definition) is 1. The summed E-state index contributed by atoms with van der Waals surface area (Å²) < 4.78 is 0. The summed E-state index contributed by atoms with van der Waals surface area (Å²) in [5.41, 5.74) is 5.57. The van der Waals surface area contributed by atoms with E-state index >= 15 is 0 Å². The number of benzene rings is 1. The maximum atomic E-state index is 12.0. The van der Waals surface area contributed by atoms with Crippen molar-refractivity contribution in [3.63, 3.8) is 0 Å². The molecule has 1 aliphatic rings. The van der Waals surface area contributed by atoms with Crippen LogP contribution in [0.5, 0.6) is 0 Å². The van der Waals surface area contributed by atoms with Gasteiger partial charge in [0.2, 0.25) is 5.91 Å². The van der Waals surface area contributed by atoms with E-state index < -0.39 is 10.5 Å². The van der Waals surface area contributed by atoms with Crippen molar-refractivity contribution in [3.05, 3.63) is 38.9 Å². The number of likely N-dealkylation sites (N-methyl/N-ethyl adjacent to an activating group) is 1. The number of carbonyl (C=O) groups is 1. The highest BCUT2D eigenvalue weighted by atomic mass is 35.5. The van der Waals surface area contributed by atoms with Gasteiger partial charge in [0.15, 0.2) is 0 Å². The second-order valence-electron chi connectivity index (χ2n) is 4.85. The summed E-state index contributed by atoms with van der Waals surface area (Å²) in [6, 6.07) is 4.17. The summed E-state index contributed by atoms with van der Waals surface area (Å²) in [5, 5.41) is 11.1. The quantitative estimate of drug-likeness (QED) is 0.680. The van der Waals surface area contributed by atoms with E-state index in [9.17, 15) is 14.9 Å². The third kappa shape index (κ3) is 3.39. The van der Waals surface area contributed by atoms with Crippen LogP contribution in [0.1, 0.15) is 18.4 Å². The van der Waals surface area contributed by atoms with Gasteiger partial charge in [-0.25, -0.2) is 0 Å². The van der Waals surface area contributed by atoms with Crippen LogP contribution in [-0.4, -0.2) is 28.3 Å². The Morgan fingerprint density at radius 1 is 1.55 bits per heavy atom. The molecule has 2 rings (SSSR count). The highest BCUT2D eigenvalue weighted by Gasteiger charge is 2.47. The highest BCUT2D eigenvalue weighted by Crippen LogP contribution is 2.34. The molecule has 8 heteroatoms. The number of nitro groups is 1. The zero-order valence-corrected chi connectivity index (χ0v) is 12.4. The van der Waals surface area contributed by atoms with Crippen molar-refractivity contribution < 1.29 is 9.72 Å². The number of halogens is 2. The summed E-state index contributed by atoms with van der Waals surface area (Å²) in [6.45, 7) is 0.207. The lowest BCUT2D eigenvalue weighted by atomic mass is 10.1. The maximum absolute atomic E-state index is 12.0. The van der Waals surface area contributed by atoms with E-state index in [0.717, 1.165) is 0 Å². The van der Waals surface area contributed by atoms with E-state index in [0.29, 0.717) is 23.4 Å². The molecule has 0 spiro atoms. The molecule has 6 nitrogen and oxygen atoms in total. The zero-order valence-electron chi connectivity index (χ0n) is 10.8. The fraction of sp³-hybridized carbons (Fsp3) is 0.417. The standard InChI is InChI=1S/C12H14ClN3O3.ClH/c1-15(11(17)12(14)4-5-12)7-8-6-9(16(18)19)2-3-10(8)13;/h2-3,6H,4-5,7,14H2,1H3;1H. The smallest absolute Gasteiger partial charge is 0.269 e. The van der Waals surface area contributed by atoms with Gasteiger partial charge in [-0.05, 0) is 24.5 Å². The van der Waals surface area contributed by atoms with Crippen molar-refractivity contribution in [3.8, 4) is 0 Å². The molecule has 2 N–H and O–H groups in total. The normalized spacial score (nSPS) is 15.2. The van der Waals surface area contributed by atoms with Gasteiger partial charge >= 0.3 is 0 Å². The summed E-state index contributed by atoms with van der Waals surface area (Å²) >= 11 is 5.99. The second-order valence-corrected chi connectivity index (χ2v) is 5.26. The molecule has 1 fully saturated rings. The van der Waals surface area contributed by atoms with Crippen LogP contribution in [0.15, 0.2) is 18.2 Å². The Kier molecular flexibility index (Phi) is 4.96. The lowest BCUT2D eigenvalue weighted by Crippen LogP contribution is -2.43. The van der Waals surface area contributed by atoms with Crippen molar-refractivity contribution in [2.24, 2.45) is 5.73 Å². The van der Waals surface area contributed by atoms with E-state index in [-0.39, 0.29) is 30.5 Å². The van der Waals surface area contributed by atoms with Crippen molar-refractivity contribution in [1.29, 1.82) is 0 Å². The summed E-state index contributed by atoms with van der Waals surface area (Å²) in [6.07, 6.45) is 1.36. The lowest BCUT2D eigenvalue weighted by Gasteiger charge is -2.21. The number of nitrogens with two attached hydrogens (primary N) is 1. The van der Waals surface area contributed by atoms with E-state index in [1.807, 2.05) is 0 Å². The van der Waals surface area contributed by atoms with Crippen molar-refractivity contribution in [1.82, 2.24) is 4.90 Å². The van der Waals surface area contributed by atoms with Crippen LogP contribution in [0.25, 0.3) is 0 Å². The van der Waals surface area contributed by atoms with E-state index in [1.54, 1.807) is 7.05 Å². The van der Waals surface area contributed by atoms with Gasteiger partial charge in [0, 0.05) is 30.7 Å². The van der Waals surface area contributed by atoms with Gasteiger partial charge in [-0.15, -0.1) is 12.4 Å². The van der Waals surface area contributed by atoms with Crippen molar-refractivity contribution in [2.75, 3.05) is 7.05 Å². The molecular formula is C12H15Cl2N3O3. The Labute approximate surface area is 127 Å². The fourth-order valence-electron chi connectivity index (χ4n) is 1.85. The first-order valence-electron chi connectivity index (χ1n) is 5.81. The zero-order chi connectivity index (χ0) is 14.2. The van der Waals surface area contributed by atoms with Crippen LogP contribution in [0, 0.1) is 10.1 Å². The minimum Gasteiger partial charge on any atom is -0.340 e. The molecule has 0 aliphatic heterocycles. The number of rotatable bonds is 4. The molecule has 0 bridgehead atoms. The van der Waals surface area contributed by atoms with E-state index in [2.05, 4.69) is 0 Å². The first-order chi connectivity index (χ1) is 8.83. The number of carbonyl (C=O) groups excluding carboxylic acids is 1. The minimum atomic E-state index is -0.748. The Morgan fingerprint density at radius 2 is 2.15 bits per heavy atom. The highest BCUT2D eigenvalue weighted by molar-refractivity contribution is 6.31. The predicted octanol–water partition coefficient (Wildman–Crippen LogP) is 2.12. The summed E-state index contributed by atoms with van der Waals surface area (Å²) in [7, 11) is 1.62. The average Bonchev–Trinajstić information content (AvgIpc) is 3.10. The monoisotopic (exact) mass is 319 g/mol. The van der Waals surface area contributed by atoms with Gasteiger partial charge in [0.05, 0.1) is 10.5 Å². The van der Waals surface area contributed by atoms with Gasteiger partial charge < -0.3 is 10.6 Å². The average molecular weight is 320 g/mol. The van der Waals surface area contributed by atoms with Crippen molar-refractivity contribution in [2.45, 2.75) is 24.9 Å². The third-order valence-corrected chi connectivity index (χ3v) is 3.58. The number of nitro benzene ring substituents is 1. The van der Waals surface area contributed by atoms with E-state index in [4.69, 9.17) is 17.3 Å². The molecule has 0 saturated heterocycles. The Balaban J connectivity index is 0.00000200. The Bertz CT molecular complexity index is 547. The predicted molar refractivity (Wildman–Crippen MR) is 78.0 cm³/mol. The fourth-order valence-corrected chi connectivity index (χ4v) is 2.03. The molecule has 0 radical (unpaired) electrons. The van der Waals surface area contributed by atoms with Crippen LogP contribution in [0.2, 0.25) is 5.02 Å². The first kappa shape index (κ1) is 16.7. The SMILES string of the molecule is CN(Cc1cc([N+](=O)[O-])ccc1Cl)C(=O)C1(N)CC1.Cl. The van der Waals surface area contributed by atoms with Crippen LogP contribution < -0.4 is 5.73 Å². The molecule has 1 amide bonds. The topological polar surface area (TPSA) is 89.5 Å². The molecule has 1 aromatic rings. The maximum Gasteiger partial charge on any atom is 0.269 e. The van der Waals surface area contributed by atoms with Crippen molar-refractivity contribution >= 4 is 35.6 Å². The Hall–Kier alpha value is -1.37. The molecular weight excluding hydrogens is 305 g/mol. The molecule has 0 atom stereocenters. The molecule has 20 heavy (non-hydrogen) atoms. The van der Waals surface area contributed by atoms with Crippen LogP contribution in [0.3, 0.4) is 0 Å². The largest absolute Gasteiger partial charge is 0.340 e. The van der Waals surface area contributed by atoms with Gasteiger partial charge in [-0.3, -0.25) is 14.9 Å². The third-order valence-electron chi connectivity index (χ3n) is 3.21. The molecule has 1 saturated carbocycles. The van der Waals surface area contributed by atoms with E-state index in [1.165, 1.54) is 23.1 Å². The Morgan fingerprint density at radius 3 is 2.65 bits per heavy atom. The second kappa shape index (κ2) is 5.95. The molecule has 0 aromatic heterocycles. The first-order valence-corrected chi connectivity index (χ1v) is 6.18. The van der Waals surface area contributed by atoms with Gasteiger partial charge in [0.25, 0.3) is 5.69 Å². The van der Waals surface area contributed by atoms with Gasteiger partial charge in [-0.2, -0.15) is 0 Å². The number of nitrogens with zero attached hydrogens (tertiary/aromatic N) is 2. The molecule has 1 aliphatic carbocycles. The van der Waals surface area contributed by atoms with Gasteiger partial charge in [0.1, 0.15) is 0 Å². The number of non-ortho nitro benzene ring substituents is 1. The summed E-state index contributed by atoms with van der Waals surface area (Å²) in [4.78, 5) is 23.7. The minimum absolute atomic E-state index is 0. The number of amides is 1.